The van der Waals surface area contributed by atoms with Crippen molar-refractivity contribution >= 4 is 11.9 Å². The summed E-state index contributed by atoms with van der Waals surface area (Å²) in [5.74, 6) is -1.00. The zero-order valence-electron chi connectivity index (χ0n) is 8.53. The maximum Gasteiger partial charge on any atom is 0.332 e. The molecular weight excluding hydrogens is 184 g/mol. The van der Waals surface area contributed by atoms with Gasteiger partial charge < -0.3 is 15.4 Å². The topological polar surface area (TPSA) is 72.6 Å². The van der Waals surface area contributed by atoms with Crippen LogP contribution in [0.15, 0.2) is 0 Å². The van der Waals surface area contributed by atoms with E-state index < -0.39 is 12.0 Å². The molecule has 0 saturated heterocycles. The van der Waals surface area contributed by atoms with Crippen molar-refractivity contribution in [2.75, 3.05) is 13.7 Å². The van der Waals surface area contributed by atoms with Crippen LogP contribution >= 0.6 is 0 Å². The van der Waals surface area contributed by atoms with Crippen LogP contribution in [0, 0.1) is 0 Å². The predicted molar refractivity (Wildman–Crippen MR) is 50.4 cm³/mol. The fourth-order valence-electron chi connectivity index (χ4n) is 1.19. The molecule has 0 radical (unpaired) electrons. The summed E-state index contributed by atoms with van der Waals surface area (Å²) in [6.45, 7) is 1.92. The van der Waals surface area contributed by atoms with Crippen molar-refractivity contribution in [2.45, 2.75) is 31.8 Å². The van der Waals surface area contributed by atoms with Crippen LogP contribution in [0.5, 0.6) is 0 Å². The number of esters is 1. The number of amides is 1. The first-order chi connectivity index (χ1) is 6.57. The summed E-state index contributed by atoms with van der Waals surface area (Å²) in [4.78, 5) is 24.2. The molecule has 0 spiro atoms. The quantitative estimate of drug-likeness (QED) is 0.490. The van der Waals surface area contributed by atoms with Gasteiger partial charge in [-0.25, -0.2) is 4.79 Å². The first-order valence-corrected chi connectivity index (χ1v) is 4.76. The van der Waals surface area contributed by atoms with Crippen LogP contribution in [0.1, 0.15) is 19.8 Å². The van der Waals surface area contributed by atoms with Gasteiger partial charge in [0.2, 0.25) is 0 Å². The standard InChI is InChI=1S/C9H16N2O3/c1-3-14-9(13)7(10)8(12)11(2)6-4-5-6/h6-7H,3-5,10H2,1-2H3. The molecule has 1 unspecified atom stereocenters. The second-order valence-electron chi connectivity index (χ2n) is 3.41. The van der Waals surface area contributed by atoms with Gasteiger partial charge >= 0.3 is 5.97 Å². The van der Waals surface area contributed by atoms with E-state index in [0.29, 0.717) is 0 Å². The molecule has 1 aliphatic rings. The van der Waals surface area contributed by atoms with Crippen LogP contribution in [-0.4, -0.2) is 42.5 Å². The monoisotopic (exact) mass is 200 g/mol. The van der Waals surface area contributed by atoms with E-state index in [1.165, 1.54) is 4.90 Å². The lowest BCUT2D eigenvalue weighted by atomic mass is 10.3. The number of ether oxygens (including phenoxy) is 1. The molecule has 5 nitrogen and oxygen atoms in total. The minimum absolute atomic E-state index is 0.243. The van der Waals surface area contributed by atoms with Crippen molar-refractivity contribution in [3.63, 3.8) is 0 Å². The van der Waals surface area contributed by atoms with Crippen molar-refractivity contribution in [1.29, 1.82) is 0 Å². The number of carbonyl (C=O) groups excluding carboxylic acids is 2. The van der Waals surface area contributed by atoms with Crippen LogP contribution < -0.4 is 5.73 Å². The lowest BCUT2D eigenvalue weighted by molar-refractivity contribution is -0.150. The highest BCUT2D eigenvalue weighted by Gasteiger charge is 2.34. The number of likely N-dealkylation sites (N-methyl/N-ethyl adjacent to an activating group) is 1. The summed E-state index contributed by atoms with van der Waals surface area (Å²) in [5.41, 5.74) is 5.45. The second kappa shape index (κ2) is 4.41. The lowest BCUT2D eigenvalue weighted by Gasteiger charge is -2.19. The van der Waals surface area contributed by atoms with Crippen LogP contribution in [0.2, 0.25) is 0 Å². The van der Waals surface area contributed by atoms with Gasteiger partial charge in [0.05, 0.1) is 6.61 Å². The second-order valence-corrected chi connectivity index (χ2v) is 3.41. The SMILES string of the molecule is CCOC(=O)C(N)C(=O)N(C)C1CC1. The number of hydrogen-bond donors (Lipinski definition) is 1. The highest BCUT2D eigenvalue weighted by molar-refractivity contribution is 6.01. The Bertz CT molecular complexity index is 238. The molecule has 80 valence electrons. The molecule has 0 aliphatic heterocycles. The highest BCUT2D eigenvalue weighted by atomic mass is 16.5. The van der Waals surface area contributed by atoms with Gasteiger partial charge in [-0.1, -0.05) is 0 Å². The normalized spacial score (nSPS) is 17.4. The maximum absolute atomic E-state index is 11.5. The fraction of sp³-hybridized carbons (Fsp3) is 0.778. The largest absolute Gasteiger partial charge is 0.464 e. The smallest absolute Gasteiger partial charge is 0.332 e. The third-order valence-corrected chi connectivity index (χ3v) is 2.25. The molecule has 1 saturated carbocycles. The third-order valence-electron chi connectivity index (χ3n) is 2.25. The van der Waals surface area contributed by atoms with E-state index in [0.717, 1.165) is 12.8 Å². The molecule has 0 heterocycles. The number of hydrogen-bond acceptors (Lipinski definition) is 4. The Morgan fingerprint density at radius 3 is 2.57 bits per heavy atom. The summed E-state index contributed by atoms with van der Waals surface area (Å²) in [6, 6.07) is -0.900. The van der Waals surface area contributed by atoms with E-state index in [1.807, 2.05) is 0 Å². The molecular formula is C9H16N2O3. The molecule has 1 aliphatic carbocycles. The minimum Gasteiger partial charge on any atom is -0.464 e. The third kappa shape index (κ3) is 2.45. The Balaban J connectivity index is 2.45. The van der Waals surface area contributed by atoms with Gasteiger partial charge in [0.1, 0.15) is 0 Å². The molecule has 1 fully saturated rings. The van der Waals surface area contributed by atoms with Gasteiger partial charge in [-0.15, -0.1) is 0 Å². The molecule has 0 bridgehead atoms. The van der Waals surface area contributed by atoms with Crippen LogP contribution in [0.4, 0.5) is 0 Å². The lowest BCUT2D eigenvalue weighted by Crippen LogP contribution is -2.48. The van der Waals surface area contributed by atoms with E-state index in [4.69, 9.17) is 5.73 Å². The first-order valence-electron chi connectivity index (χ1n) is 4.76. The first kappa shape index (κ1) is 11.0. The number of rotatable bonds is 4. The van der Waals surface area contributed by atoms with Crippen molar-refractivity contribution in [1.82, 2.24) is 4.90 Å². The summed E-state index contributed by atoms with van der Waals surface area (Å²) < 4.78 is 4.66. The zero-order chi connectivity index (χ0) is 10.7. The van der Waals surface area contributed by atoms with E-state index in [1.54, 1.807) is 14.0 Å². The molecule has 5 heteroatoms. The van der Waals surface area contributed by atoms with E-state index >= 15 is 0 Å². The van der Waals surface area contributed by atoms with Crippen molar-refractivity contribution in [2.24, 2.45) is 5.73 Å². The predicted octanol–water partition coefficient (Wildman–Crippen LogP) is -0.502. The Morgan fingerprint density at radius 1 is 1.57 bits per heavy atom. The van der Waals surface area contributed by atoms with Gasteiger partial charge in [-0.2, -0.15) is 0 Å². The summed E-state index contributed by atoms with van der Waals surface area (Å²) in [6.07, 6.45) is 2.00. The Morgan fingerprint density at radius 2 is 2.14 bits per heavy atom. The van der Waals surface area contributed by atoms with E-state index in [2.05, 4.69) is 4.74 Å². The van der Waals surface area contributed by atoms with Gasteiger partial charge in [0, 0.05) is 13.1 Å². The molecule has 1 amide bonds. The van der Waals surface area contributed by atoms with E-state index in [-0.39, 0.29) is 18.6 Å². The van der Waals surface area contributed by atoms with Gasteiger partial charge in [-0.05, 0) is 19.8 Å². The molecule has 1 atom stereocenters. The van der Waals surface area contributed by atoms with Crippen molar-refractivity contribution < 1.29 is 14.3 Å². The van der Waals surface area contributed by atoms with Crippen LogP contribution in [0.25, 0.3) is 0 Å². The summed E-state index contributed by atoms with van der Waals surface area (Å²) in [5, 5.41) is 0. The zero-order valence-corrected chi connectivity index (χ0v) is 8.53. The number of nitrogens with zero attached hydrogens (tertiary/aromatic N) is 1. The Hall–Kier alpha value is -1.10. The fourth-order valence-corrected chi connectivity index (χ4v) is 1.19. The van der Waals surface area contributed by atoms with E-state index in [9.17, 15) is 9.59 Å². The molecule has 0 aromatic heterocycles. The average Bonchev–Trinajstić information content (AvgIpc) is 2.98. The van der Waals surface area contributed by atoms with Crippen molar-refractivity contribution in [3.8, 4) is 0 Å². The molecule has 14 heavy (non-hydrogen) atoms. The summed E-state index contributed by atoms with van der Waals surface area (Å²) >= 11 is 0. The highest BCUT2D eigenvalue weighted by Crippen LogP contribution is 2.25. The van der Waals surface area contributed by atoms with Crippen LogP contribution in [-0.2, 0) is 14.3 Å². The van der Waals surface area contributed by atoms with Crippen molar-refractivity contribution in [3.05, 3.63) is 0 Å². The van der Waals surface area contributed by atoms with Gasteiger partial charge in [-0.3, -0.25) is 4.79 Å². The number of nitrogens with two attached hydrogens (primary N) is 1. The van der Waals surface area contributed by atoms with Gasteiger partial charge in [0.15, 0.2) is 6.04 Å². The average molecular weight is 200 g/mol. The Labute approximate surface area is 83.2 Å². The Kier molecular flexibility index (Phi) is 3.46. The molecule has 1 rings (SSSR count). The van der Waals surface area contributed by atoms with Crippen LogP contribution in [0.3, 0.4) is 0 Å². The molecule has 0 aromatic rings. The minimum atomic E-state index is -1.17. The summed E-state index contributed by atoms with van der Waals surface area (Å²) in [7, 11) is 1.67. The van der Waals surface area contributed by atoms with Gasteiger partial charge in [0.25, 0.3) is 5.91 Å². The molecule has 0 aromatic carbocycles. The maximum atomic E-state index is 11.5. The number of carbonyl (C=O) groups is 2. The molecule has 2 N–H and O–H groups in total.